The van der Waals surface area contributed by atoms with Crippen LogP contribution in [0.3, 0.4) is 0 Å². The van der Waals surface area contributed by atoms with Gasteiger partial charge in [-0.2, -0.15) is 0 Å². The minimum Gasteiger partial charge on any atom is -0.486 e. The molecule has 29 heavy (non-hydrogen) atoms. The molecular weight excluding hydrogens is 412 g/mol. The van der Waals surface area contributed by atoms with Crippen molar-refractivity contribution >= 4 is 34.8 Å². The number of hydrogen-bond donors (Lipinski definition) is 0. The summed E-state index contributed by atoms with van der Waals surface area (Å²) in [5.41, 5.74) is 0.576. The highest BCUT2D eigenvalue weighted by atomic mass is 35.5. The van der Waals surface area contributed by atoms with E-state index >= 15 is 0 Å². The molecule has 0 aliphatic carbocycles. The second kappa shape index (κ2) is 10.1. The molecule has 2 heterocycles. The molecule has 8 heteroatoms. The summed E-state index contributed by atoms with van der Waals surface area (Å²) >= 11 is 7.08. The summed E-state index contributed by atoms with van der Waals surface area (Å²) in [6.45, 7) is 4.57. The highest BCUT2D eigenvalue weighted by Crippen LogP contribution is 2.23. The molecule has 0 bridgehead atoms. The van der Waals surface area contributed by atoms with Crippen LogP contribution in [0.15, 0.2) is 24.3 Å². The van der Waals surface area contributed by atoms with Crippen molar-refractivity contribution in [2.24, 2.45) is 0 Å². The third-order valence-corrected chi connectivity index (χ3v) is 6.31. The molecule has 0 radical (unpaired) electrons. The SMILES string of the molecule is CCC1CCCCN1C(=O)COC(=O)c1sc(COc2ccc(Cl)cc2)nc1C. The number of halogens is 1. The number of carbonyl (C=O) groups is 2. The Hall–Kier alpha value is -2.12. The average Bonchev–Trinajstić information content (AvgIpc) is 3.12. The molecule has 2 aromatic rings. The Kier molecular flexibility index (Phi) is 7.50. The highest BCUT2D eigenvalue weighted by Gasteiger charge is 2.26. The van der Waals surface area contributed by atoms with Crippen LogP contribution in [0.5, 0.6) is 5.75 Å². The van der Waals surface area contributed by atoms with E-state index in [1.807, 2.05) is 4.90 Å². The van der Waals surface area contributed by atoms with Gasteiger partial charge in [0.15, 0.2) is 6.61 Å². The van der Waals surface area contributed by atoms with Crippen molar-refractivity contribution in [3.05, 3.63) is 44.9 Å². The van der Waals surface area contributed by atoms with E-state index < -0.39 is 5.97 Å². The van der Waals surface area contributed by atoms with Crippen LogP contribution in [-0.4, -0.2) is 41.0 Å². The molecule has 3 rings (SSSR count). The van der Waals surface area contributed by atoms with Crippen molar-refractivity contribution in [1.82, 2.24) is 9.88 Å². The fourth-order valence-electron chi connectivity index (χ4n) is 3.41. The van der Waals surface area contributed by atoms with Gasteiger partial charge < -0.3 is 14.4 Å². The standard InChI is InChI=1S/C21H25ClN2O4S/c1-3-16-6-4-5-11-24(16)19(25)13-28-21(26)20-14(2)23-18(29-20)12-27-17-9-7-15(22)8-10-17/h7-10,16H,3-6,11-13H2,1-2H3. The lowest BCUT2D eigenvalue weighted by Gasteiger charge is -2.35. The van der Waals surface area contributed by atoms with Gasteiger partial charge in [0.25, 0.3) is 5.91 Å². The summed E-state index contributed by atoms with van der Waals surface area (Å²) in [4.78, 5) is 31.6. The summed E-state index contributed by atoms with van der Waals surface area (Å²) in [5, 5.41) is 1.30. The molecule has 0 spiro atoms. The van der Waals surface area contributed by atoms with Crippen LogP contribution in [0.2, 0.25) is 5.02 Å². The van der Waals surface area contributed by atoms with Crippen LogP contribution in [0.1, 0.15) is 53.0 Å². The van der Waals surface area contributed by atoms with Gasteiger partial charge in [-0.25, -0.2) is 9.78 Å². The summed E-state index contributed by atoms with van der Waals surface area (Å²) in [6.07, 6.45) is 4.08. The Bertz CT molecular complexity index is 853. The number of carbonyl (C=O) groups excluding carboxylic acids is 2. The number of amides is 1. The van der Waals surface area contributed by atoms with Crippen LogP contribution in [0.4, 0.5) is 0 Å². The fourth-order valence-corrected chi connectivity index (χ4v) is 4.41. The molecule has 1 fully saturated rings. The Labute approximate surface area is 179 Å². The van der Waals surface area contributed by atoms with E-state index in [2.05, 4.69) is 11.9 Å². The highest BCUT2D eigenvalue weighted by molar-refractivity contribution is 7.13. The number of hydrogen-bond acceptors (Lipinski definition) is 6. The van der Waals surface area contributed by atoms with Crippen LogP contribution < -0.4 is 4.74 Å². The maximum atomic E-state index is 12.5. The van der Waals surface area contributed by atoms with Gasteiger partial charge >= 0.3 is 5.97 Å². The van der Waals surface area contributed by atoms with Gasteiger partial charge in [-0.3, -0.25) is 4.79 Å². The first-order chi connectivity index (χ1) is 14.0. The minimum absolute atomic E-state index is 0.127. The molecule has 0 saturated carbocycles. The lowest BCUT2D eigenvalue weighted by molar-refractivity contribution is -0.138. The van der Waals surface area contributed by atoms with E-state index in [0.717, 1.165) is 32.2 Å². The zero-order valence-electron chi connectivity index (χ0n) is 16.7. The number of esters is 1. The first kappa shape index (κ1) is 21.6. The van der Waals surface area contributed by atoms with Crippen molar-refractivity contribution in [3.8, 4) is 5.75 Å². The van der Waals surface area contributed by atoms with Crippen LogP contribution in [0.25, 0.3) is 0 Å². The number of likely N-dealkylation sites (tertiary alicyclic amines) is 1. The zero-order chi connectivity index (χ0) is 20.8. The van der Waals surface area contributed by atoms with E-state index in [4.69, 9.17) is 21.1 Å². The van der Waals surface area contributed by atoms with Crippen molar-refractivity contribution in [1.29, 1.82) is 0 Å². The summed E-state index contributed by atoms with van der Waals surface area (Å²) in [6, 6.07) is 7.28. The monoisotopic (exact) mass is 436 g/mol. The number of aromatic nitrogens is 1. The van der Waals surface area contributed by atoms with Crippen molar-refractivity contribution in [2.75, 3.05) is 13.2 Å². The average molecular weight is 437 g/mol. The van der Waals surface area contributed by atoms with Crippen molar-refractivity contribution in [3.63, 3.8) is 0 Å². The van der Waals surface area contributed by atoms with Crippen molar-refractivity contribution in [2.45, 2.75) is 52.2 Å². The molecule has 156 valence electrons. The Morgan fingerprint density at radius 3 is 2.76 bits per heavy atom. The minimum atomic E-state index is -0.517. The molecule has 1 aliphatic rings. The number of ether oxygens (including phenoxy) is 2. The van der Waals surface area contributed by atoms with Crippen molar-refractivity contribution < 1.29 is 19.1 Å². The second-order valence-electron chi connectivity index (χ2n) is 6.99. The predicted molar refractivity (Wildman–Crippen MR) is 113 cm³/mol. The number of thiazole rings is 1. The van der Waals surface area contributed by atoms with Gasteiger partial charge in [-0.15, -0.1) is 11.3 Å². The molecule has 1 amide bonds. The Balaban J connectivity index is 1.54. The molecule has 1 aromatic heterocycles. The number of piperidine rings is 1. The molecule has 1 unspecified atom stereocenters. The quantitative estimate of drug-likeness (QED) is 0.592. The van der Waals surface area contributed by atoms with Crippen LogP contribution in [0, 0.1) is 6.92 Å². The van der Waals surface area contributed by atoms with Gasteiger partial charge in [0.2, 0.25) is 0 Å². The van der Waals surface area contributed by atoms with Gasteiger partial charge in [-0.05, 0) is 56.9 Å². The topological polar surface area (TPSA) is 68.7 Å². The predicted octanol–water partition coefficient (Wildman–Crippen LogP) is 4.63. The van der Waals surface area contributed by atoms with Gasteiger partial charge in [0.05, 0.1) is 5.69 Å². The lowest BCUT2D eigenvalue weighted by atomic mass is 10.00. The van der Waals surface area contributed by atoms with E-state index in [-0.39, 0.29) is 25.2 Å². The largest absolute Gasteiger partial charge is 0.486 e. The van der Waals surface area contributed by atoms with E-state index in [0.29, 0.717) is 26.4 Å². The smallest absolute Gasteiger partial charge is 0.350 e. The third-order valence-electron chi connectivity index (χ3n) is 4.95. The fraction of sp³-hybridized carbons (Fsp3) is 0.476. The van der Waals surface area contributed by atoms with E-state index in [9.17, 15) is 9.59 Å². The van der Waals surface area contributed by atoms with Gasteiger partial charge in [0, 0.05) is 17.6 Å². The Morgan fingerprint density at radius 1 is 1.28 bits per heavy atom. The molecular formula is C21H25ClN2O4S. The van der Waals surface area contributed by atoms with Crippen LogP contribution >= 0.6 is 22.9 Å². The number of rotatable bonds is 7. The molecule has 1 atom stereocenters. The molecule has 1 aliphatic heterocycles. The normalized spacial score (nSPS) is 16.5. The van der Waals surface area contributed by atoms with Crippen LogP contribution in [-0.2, 0) is 16.1 Å². The maximum absolute atomic E-state index is 12.5. The third kappa shape index (κ3) is 5.70. The van der Waals surface area contributed by atoms with E-state index in [1.165, 1.54) is 11.3 Å². The lowest BCUT2D eigenvalue weighted by Crippen LogP contribution is -2.45. The number of nitrogens with zero attached hydrogens (tertiary/aromatic N) is 2. The first-order valence-corrected chi connectivity index (χ1v) is 11.0. The van der Waals surface area contributed by atoms with Gasteiger partial charge in [0.1, 0.15) is 22.2 Å². The van der Waals surface area contributed by atoms with E-state index in [1.54, 1.807) is 31.2 Å². The van der Waals surface area contributed by atoms with Gasteiger partial charge in [-0.1, -0.05) is 18.5 Å². The first-order valence-electron chi connectivity index (χ1n) is 9.79. The molecule has 0 N–H and O–H groups in total. The summed E-state index contributed by atoms with van der Waals surface area (Å²) < 4.78 is 11.0. The number of benzene rings is 1. The summed E-state index contributed by atoms with van der Waals surface area (Å²) in [5.74, 6) is 0.0264. The maximum Gasteiger partial charge on any atom is 0.350 e. The number of aryl methyl sites for hydroxylation is 1. The Morgan fingerprint density at radius 2 is 2.03 bits per heavy atom. The molecule has 6 nitrogen and oxygen atoms in total. The molecule has 1 aromatic carbocycles. The zero-order valence-corrected chi connectivity index (χ0v) is 18.2. The second-order valence-corrected chi connectivity index (χ2v) is 8.51. The molecule has 1 saturated heterocycles. The summed E-state index contributed by atoms with van der Waals surface area (Å²) in [7, 11) is 0.